The van der Waals surface area contributed by atoms with Gasteiger partial charge in [0.2, 0.25) is 0 Å². The molecule has 0 atom stereocenters. The minimum Gasteiger partial charge on any atom is -0.297 e. The first-order valence-corrected chi connectivity index (χ1v) is 7.66. The molecule has 1 aliphatic rings. The molecule has 0 radical (unpaired) electrons. The van der Waals surface area contributed by atoms with Crippen molar-refractivity contribution in [3.05, 3.63) is 29.8 Å². The van der Waals surface area contributed by atoms with E-state index in [0.717, 1.165) is 25.3 Å². The highest BCUT2D eigenvalue weighted by Crippen LogP contribution is 2.26. The van der Waals surface area contributed by atoms with Crippen LogP contribution < -0.4 is 0 Å². The summed E-state index contributed by atoms with van der Waals surface area (Å²) in [6.07, 6.45) is 6.26. The average molecular weight is 288 g/mol. The first kappa shape index (κ1) is 14.3. The maximum atomic E-state index is 4.30. The zero-order chi connectivity index (χ0) is 14.9. The largest absolute Gasteiger partial charge is 0.297 e. The number of hydrogen-bond acceptors (Lipinski definition) is 4. The van der Waals surface area contributed by atoms with Gasteiger partial charge in [-0.2, -0.15) is 5.10 Å². The van der Waals surface area contributed by atoms with Crippen molar-refractivity contribution in [2.24, 2.45) is 0 Å². The van der Waals surface area contributed by atoms with E-state index in [1.54, 1.807) is 0 Å². The van der Waals surface area contributed by atoms with Crippen molar-refractivity contribution in [1.29, 1.82) is 0 Å². The van der Waals surface area contributed by atoms with Gasteiger partial charge in [-0.3, -0.25) is 10.00 Å². The molecule has 1 fully saturated rings. The van der Waals surface area contributed by atoms with Gasteiger partial charge in [-0.15, -0.1) is 5.10 Å². The quantitative estimate of drug-likeness (QED) is 0.940. The lowest BCUT2D eigenvalue weighted by Gasteiger charge is -2.30. The maximum absolute atomic E-state index is 4.30. The van der Waals surface area contributed by atoms with Gasteiger partial charge in [-0.05, 0) is 52.8 Å². The third-order valence-electron chi connectivity index (χ3n) is 4.16. The summed E-state index contributed by atoms with van der Waals surface area (Å²) in [6.45, 7) is 9.52. The molecule has 0 saturated carbocycles. The lowest BCUT2D eigenvalue weighted by atomic mass is 9.94. The van der Waals surface area contributed by atoms with Crippen molar-refractivity contribution in [1.82, 2.24) is 30.1 Å². The summed E-state index contributed by atoms with van der Waals surface area (Å²) >= 11 is 0. The monoisotopic (exact) mass is 288 g/mol. The molecule has 2 aromatic heterocycles. The normalized spacial score (nSPS) is 18.2. The van der Waals surface area contributed by atoms with Gasteiger partial charge < -0.3 is 0 Å². The van der Waals surface area contributed by atoms with Crippen molar-refractivity contribution in [3.63, 3.8) is 0 Å². The van der Waals surface area contributed by atoms with Gasteiger partial charge >= 0.3 is 0 Å². The molecule has 1 aliphatic heterocycles. The summed E-state index contributed by atoms with van der Waals surface area (Å²) in [7, 11) is 0. The molecular weight excluding hydrogens is 264 g/mol. The highest BCUT2D eigenvalue weighted by atomic mass is 15.4. The van der Waals surface area contributed by atoms with Crippen molar-refractivity contribution >= 4 is 0 Å². The Balaban J connectivity index is 1.55. The Morgan fingerprint density at radius 2 is 2.05 bits per heavy atom. The SMILES string of the molecule is CC(C)(C)n1cc(CN2CCC(c3ccn[nH]3)CC2)nn1. The Morgan fingerprint density at radius 3 is 2.62 bits per heavy atom. The van der Waals surface area contributed by atoms with Crippen molar-refractivity contribution in [2.75, 3.05) is 13.1 Å². The van der Waals surface area contributed by atoms with Gasteiger partial charge in [0.25, 0.3) is 0 Å². The highest BCUT2D eigenvalue weighted by molar-refractivity contribution is 5.07. The van der Waals surface area contributed by atoms with Crippen LogP contribution in [-0.2, 0) is 12.1 Å². The number of hydrogen-bond donors (Lipinski definition) is 1. The molecule has 6 nitrogen and oxygen atoms in total. The van der Waals surface area contributed by atoms with Gasteiger partial charge in [0.15, 0.2) is 0 Å². The molecule has 3 heterocycles. The van der Waals surface area contributed by atoms with Crippen LogP contribution in [0.15, 0.2) is 18.5 Å². The Hall–Kier alpha value is -1.69. The molecular formula is C15H24N6. The lowest BCUT2D eigenvalue weighted by Crippen LogP contribution is -2.32. The highest BCUT2D eigenvalue weighted by Gasteiger charge is 2.22. The van der Waals surface area contributed by atoms with Gasteiger partial charge in [-0.1, -0.05) is 5.21 Å². The number of piperidine rings is 1. The van der Waals surface area contributed by atoms with Gasteiger partial charge in [-0.25, -0.2) is 4.68 Å². The predicted molar refractivity (Wildman–Crippen MR) is 80.9 cm³/mol. The molecule has 21 heavy (non-hydrogen) atoms. The van der Waals surface area contributed by atoms with Crippen LogP contribution in [0.4, 0.5) is 0 Å². The Bertz CT molecular complexity index is 557. The van der Waals surface area contributed by atoms with Crippen LogP contribution in [0.5, 0.6) is 0 Å². The molecule has 2 aromatic rings. The fraction of sp³-hybridized carbons (Fsp3) is 0.667. The second-order valence-corrected chi connectivity index (χ2v) is 6.89. The molecule has 3 rings (SSSR count). The van der Waals surface area contributed by atoms with Crippen molar-refractivity contribution < 1.29 is 0 Å². The maximum Gasteiger partial charge on any atom is 0.0967 e. The molecule has 0 unspecified atom stereocenters. The minimum atomic E-state index is -0.00113. The van der Waals surface area contributed by atoms with Gasteiger partial charge in [0.1, 0.15) is 0 Å². The van der Waals surface area contributed by atoms with E-state index in [4.69, 9.17) is 0 Å². The predicted octanol–water partition coefficient (Wildman–Crippen LogP) is 2.14. The van der Waals surface area contributed by atoms with E-state index in [0.29, 0.717) is 5.92 Å². The van der Waals surface area contributed by atoms with Crippen LogP contribution in [0.25, 0.3) is 0 Å². The van der Waals surface area contributed by atoms with E-state index in [1.165, 1.54) is 18.5 Å². The third kappa shape index (κ3) is 3.32. The molecule has 1 saturated heterocycles. The molecule has 0 spiro atoms. The summed E-state index contributed by atoms with van der Waals surface area (Å²) in [5.74, 6) is 0.619. The number of H-pyrrole nitrogens is 1. The summed E-state index contributed by atoms with van der Waals surface area (Å²) < 4.78 is 1.94. The minimum absolute atomic E-state index is 0.00113. The Morgan fingerprint density at radius 1 is 1.29 bits per heavy atom. The van der Waals surface area contributed by atoms with E-state index < -0.39 is 0 Å². The molecule has 6 heteroatoms. The summed E-state index contributed by atoms with van der Waals surface area (Å²) in [6, 6.07) is 2.09. The number of aromatic nitrogens is 5. The molecule has 0 amide bonds. The fourth-order valence-corrected chi connectivity index (χ4v) is 2.82. The third-order valence-corrected chi connectivity index (χ3v) is 4.16. The number of aromatic amines is 1. The van der Waals surface area contributed by atoms with Crippen LogP contribution in [0, 0.1) is 0 Å². The zero-order valence-corrected chi connectivity index (χ0v) is 13.1. The van der Waals surface area contributed by atoms with Gasteiger partial charge in [0.05, 0.1) is 17.4 Å². The molecule has 0 aliphatic carbocycles. The van der Waals surface area contributed by atoms with Crippen LogP contribution in [0.3, 0.4) is 0 Å². The number of nitrogens with zero attached hydrogens (tertiary/aromatic N) is 5. The summed E-state index contributed by atoms with van der Waals surface area (Å²) in [5, 5.41) is 15.7. The number of nitrogens with one attached hydrogen (secondary N) is 1. The Labute approximate surface area is 125 Å². The van der Waals surface area contributed by atoms with Crippen molar-refractivity contribution in [2.45, 2.75) is 51.6 Å². The van der Waals surface area contributed by atoms with E-state index in [9.17, 15) is 0 Å². The van der Waals surface area contributed by atoms with E-state index >= 15 is 0 Å². The van der Waals surface area contributed by atoms with Crippen LogP contribution in [-0.4, -0.2) is 43.2 Å². The smallest absolute Gasteiger partial charge is 0.0967 e. The second-order valence-electron chi connectivity index (χ2n) is 6.89. The average Bonchev–Trinajstić information content (AvgIpc) is 3.09. The number of likely N-dealkylation sites (tertiary alicyclic amines) is 1. The summed E-state index contributed by atoms with van der Waals surface area (Å²) in [4.78, 5) is 2.46. The van der Waals surface area contributed by atoms with Crippen LogP contribution in [0.2, 0.25) is 0 Å². The van der Waals surface area contributed by atoms with Crippen LogP contribution in [0.1, 0.15) is 50.9 Å². The standard InChI is InChI=1S/C15H24N6/c1-15(2,3)21-11-13(17-19-21)10-20-8-5-12(6-9-20)14-4-7-16-18-14/h4,7,11-12H,5-6,8-10H2,1-3H3,(H,16,18). The van der Waals surface area contributed by atoms with E-state index in [1.807, 2.05) is 10.9 Å². The first-order valence-electron chi connectivity index (χ1n) is 7.66. The molecule has 114 valence electrons. The van der Waals surface area contributed by atoms with Crippen LogP contribution >= 0.6 is 0 Å². The summed E-state index contributed by atoms with van der Waals surface area (Å²) in [5.41, 5.74) is 2.33. The second kappa shape index (κ2) is 5.60. The van der Waals surface area contributed by atoms with Gasteiger partial charge in [0, 0.05) is 24.4 Å². The molecule has 0 aromatic carbocycles. The molecule has 1 N–H and O–H groups in total. The zero-order valence-electron chi connectivity index (χ0n) is 13.1. The molecule has 0 bridgehead atoms. The fourth-order valence-electron chi connectivity index (χ4n) is 2.82. The van der Waals surface area contributed by atoms with E-state index in [-0.39, 0.29) is 5.54 Å². The number of rotatable bonds is 3. The van der Waals surface area contributed by atoms with Crippen molar-refractivity contribution in [3.8, 4) is 0 Å². The first-order chi connectivity index (χ1) is 10.0. The Kier molecular flexibility index (Phi) is 3.80. The van der Waals surface area contributed by atoms with E-state index in [2.05, 4.69) is 58.4 Å². The lowest BCUT2D eigenvalue weighted by molar-refractivity contribution is 0.201. The topological polar surface area (TPSA) is 62.6 Å².